The van der Waals surface area contributed by atoms with Crippen molar-refractivity contribution in [2.75, 3.05) is 24.8 Å². The Hall–Kier alpha value is -2.09. The van der Waals surface area contributed by atoms with Gasteiger partial charge < -0.3 is 5.32 Å². The van der Waals surface area contributed by atoms with Crippen LogP contribution >= 0.6 is 0 Å². The van der Waals surface area contributed by atoms with Crippen LogP contribution in [0.1, 0.15) is 5.56 Å². The fraction of sp³-hybridized carbons (Fsp3) is 0.308. The van der Waals surface area contributed by atoms with Crippen LogP contribution in [0.5, 0.6) is 0 Å². The van der Waals surface area contributed by atoms with Crippen LogP contribution in [0.2, 0.25) is 0 Å². The van der Waals surface area contributed by atoms with E-state index in [0.29, 0.717) is 13.1 Å². The number of hydrogen-bond acceptors (Lipinski definition) is 4. The molecule has 1 aromatic rings. The molecule has 1 aliphatic heterocycles. The Morgan fingerprint density at radius 3 is 2.76 bits per heavy atom. The fourth-order valence-electron chi connectivity index (χ4n) is 1.83. The van der Waals surface area contributed by atoms with E-state index in [-0.39, 0.29) is 12.6 Å². The molecule has 114 valence electrons. The second-order valence-corrected chi connectivity index (χ2v) is 4.14. The van der Waals surface area contributed by atoms with Gasteiger partial charge in [0, 0.05) is 6.54 Å². The summed E-state index contributed by atoms with van der Waals surface area (Å²) in [6, 6.07) is 2.72. The zero-order chi connectivity index (χ0) is 15.5. The summed E-state index contributed by atoms with van der Waals surface area (Å²) in [6.07, 6.45) is -3.37. The van der Waals surface area contributed by atoms with Gasteiger partial charge in [0.2, 0.25) is 5.96 Å². The number of nitrogens with zero attached hydrogens (tertiary/aromatic N) is 2. The predicted molar refractivity (Wildman–Crippen MR) is 70.3 cm³/mol. The first-order valence-electron chi connectivity index (χ1n) is 6.13. The number of benzene rings is 1. The smallest absolute Gasteiger partial charge is 0.352 e. The van der Waals surface area contributed by atoms with E-state index in [1.165, 1.54) is 6.08 Å². The first kappa shape index (κ1) is 15.3. The van der Waals surface area contributed by atoms with E-state index in [1.807, 2.05) is 0 Å². The van der Waals surface area contributed by atoms with E-state index >= 15 is 0 Å². The van der Waals surface area contributed by atoms with E-state index in [0.717, 1.165) is 23.3 Å². The minimum absolute atomic E-state index is 0.0347. The fourth-order valence-corrected chi connectivity index (χ4v) is 1.83. The zero-order valence-corrected chi connectivity index (χ0v) is 11.0. The highest BCUT2D eigenvalue weighted by Gasteiger charge is 2.38. The molecule has 0 bridgehead atoms. The maximum Gasteiger partial charge on any atom is 0.418 e. The van der Waals surface area contributed by atoms with E-state index in [1.54, 1.807) is 0 Å². The number of hydrogen-bond donors (Lipinski definition) is 1. The third kappa shape index (κ3) is 3.33. The van der Waals surface area contributed by atoms with Gasteiger partial charge in [0.05, 0.1) is 18.7 Å². The summed E-state index contributed by atoms with van der Waals surface area (Å²) in [4.78, 5) is 9.13. The number of hydroxylamine groups is 1. The summed E-state index contributed by atoms with van der Waals surface area (Å²) < 4.78 is 53.2. The molecule has 1 heterocycles. The molecular formula is C13H13F4N3O. The lowest BCUT2D eigenvalue weighted by atomic mass is 10.1. The minimum atomic E-state index is -4.72. The van der Waals surface area contributed by atoms with Crippen LogP contribution in [0.25, 0.3) is 0 Å². The van der Waals surface area contributed by atoms with Crippen LogP contribution in [0.4, 0.5) is 23.2 Å². The lowest BCUT2D eigenvalue weighted by molar-refractivity contribution is -0.137. The molecule has 1 N–H and O–H groups in total. The summed E-state index contributed by atoms with van der Waals surface area (Å²) >= 11 is 0. The van der Waals surface area contributed by atoms with Crippen molar-refractivity contribution in [2.45, 2.75) is 6.18 Å². The number of anilines is 1. The molecular weight excluding hydrogens is 290 g/mol. The van der Waals surface area contributed by atoms with Crippen LogP contribution in [-0.2, 0) is 11.0 Å². The second-order valence-electron chi connectivity index (χ2n) is 4.14. The Morgan fingerprint density at radius 2 is 2.19 bits per heavy atom. The average Bonchev–Trinajstić information content (AvgIpc) is 2.93. The summed E-state index contributed by atoms with van der Waals surface area (Å²) in [5.74, 6) is -1.02. The van der Waals surface area contributed by atoms with Gasteiger partial charge in [-0.05, 0) is 12.1 Å². The Bertz CT molecular complexity index is 557. The molecule has 0 spiro atoms. The zero-order valence-electron chi connectivity index (χ0n) is 11.0. The van der Waals surface area contributed by atoms with Gasteiger partial charge in [0.1, 0.15) is 11.5 Å². The van der Waals surface area contributed by atoms with Crippen molar-refractivity contribution in [3.05, 3.63) is 42.2 Å². The first-order valence-corrected chi connectivity index (χ1v) is 6.13. The number of nitrogens with one attached hydrogen (secondary N) is 1. The molecule has 0 aliphatic carbocycles. The molecule has 0 aromatic heterocycles. The predicted octanol–water partition coefficient (Wildman–Crippen LogP) is 2.73. The highest BCUT2D eigenvalue weighted by Crippen LogP contribution is 2.38. The van der Waals surface area contributed by atoms with E-state index < -0.39 is 23.2 Å². The van der Waals surface area contributed by atoms with Crippen molar-refractivity contribution >= 4 is 11.6 Å². The summed E-state index contributed by atoms with van der Waals surface area (Å²) in [7, 11) is 0. The molecule has 0 radical (unpaired) electrons. The molecule has 1 aromatic carbocycles. The van der Waals surface area contributed by atoms with Gasteiger partial charge in [-0.1, -0.05) is 12.1 Å². The van der Waals surface area contributed by atoms with Gasteiger partial charge in [-0.2, -0.15) is 18.2 Å². The Kier molecular flexibility index (Phi) is 4.46. The summed E-state index contributed by atoms with van der Waals surface area (Å²) in [5.41, 5.74) is -1.86. The largest absolute Gasteiger partial charge is 0.418 e. The summed E-state index contributed by atoms with van der Waals surface area (Å²) in [6.45, 7) is 4.15. The highest BCUT2D eigenvalue weighted by molar-refractivity contribution is 5.96. The van der Waals surface area contributed by atoms with E-state index in [9.17, 15) is 17.6 Å². The monoisotopic (exact) mass is 303 g/mol. The molecule has 0 saturated heterocycles. The maximum absolute atomic E-state index is 14.0. The van der Waals surface area contributed by atoms with Crippen molar-refractivity contribution in [3.8, 4) is 0 Å². The van der Waals surface area contributed by atoms with E-state index in [2.05, 4.69) is 16.9 Å². The lowest BCUT2D eigenvalue weighted by Crippen LogP contribution is -2.40. The molecule has 0 saturated carbocycles. The van der Waals surface area contributed by atoms with Crippen LogP contribution in [0.3, 0.4) is 0 Å². The van der Waals surface area contributed by atoms with Gasteiger partial charge in [-0.25, -0.2) is 9.38 Å². The normalized spacial score (nSPS) is 14.6. The molecule has 21 heavy (non-hydrogen) atoms. The second kappa shape index (κ2) is 6.13. The Balaban J connectivity index is 2.50. The van der Waals surface area contributed by atoms with Gasteiger partial charge in [-0.15, -0.1) is 6.58 Å². The number of aliphatic imine (C=N–C) groups is 1. The van der Waals surface area contributed by atoms with Crippen LogP contribution in [-0.4, -0.2) is 25.7 Å². The van der Waals surface area contributed by atoms with Gasteiger partial charge in [0.15, 0.2) is 0 Å². The van der Waals surface area contributed by atoms with Crippen molar-refractivity contribution in [1.82, 2.24) is 5.32 Å². The standard InChI is InChI=1S/C13H13F4N3O/c1-2-8-21-20(12-18-6-7-19-12)11-9(13(15,16)17)4-3-5-10(11)14/h2-5H,1,6-8H2,(H,18,19). The van der Waals surface area contributed by atoms with Crippen molar-refractivity contribution < 1.29 is 22.4 Å². The molecule has 8 heteroatoms. The van der Waals surface area contributed by atoms with Crippen LogP contribution in [0.15, 0.2) is 35.8 Å². The van der Waals surface area contributed by atoms with Gasteiger partial charge in [-0.3, -0.25) is 4.84 Å². The Morgan fingerprint density at radius 1 is 1.43 bits per heavy atom. The minimum Gasteiger partial charge on any atom is -0.352 e. The maximum atomic E-state index is 14.0. The van der Waals surface area contributed by atoms with Crippen molar-refractivity contribution in [2.24, 2.45) is 4.99 Å². The molecule has 0 fully saturated rings. The molecule has 0 atom stereocenters. The third-order valence-corrected chi connectivity index (χ3v) is 2.67. The first-order chi connectivity index (χ1) is 9.95. The van der Waals surface area contributed by atoms with Crippen LogP contribution in [0, 0.1) is 5.82 Å². The van der Waals surface area contributed by atoms with Gasteiger partial charge >= 0.3 is 6.18 Å². The average molecular weight is 303 g/mol. The van der Waals surface area contributed by atoms with E-state index in [4.69, 9.17) is 4.84 Å². The Labute approximate surface area is 118 Å². The number of para-hydroxylation sites is 1. The lowest BCUT2D eigenvalue weighted by Gasteiger charge is -2.26. The van der Waals surface area contributed by atoms with Gasteiger partial charge in [0.25, 0.3) is 0 Å². The number of alkyl halides is 3. The third-order valence-electron chi connectivity index (χ3n) is 2.67. The van der Waals surface area contributed by atoms with Crippen LogP contribution < -0.4 is 10.4 Å². The van der Waals surface area contributed by atoms with Crippen molar-refractivity contribution in [3.63, 3.8) is 0 Å². The quantitative estimate of drug-likeness (QED) is 0.528. The van der Waals surface area contributed by atoms with Crippen molar-refractivity contribution in [1.29, 1.82) is 0 Å². The topological polar surface area (TPSA) is 36.9 Å². The number of guanidine groups is 1. The molecule has 0 unspecified atom stereocenters. The highest BCUT2D eigenvalue weighted by atomic mass is 19.4. The number of halogens is 4. The molecule has 1 aliphatic rings. The molecule has 2 rings (SSSR count). The SMILES string of the molecule is C=CCON(C1=NCCN1)c1c(F)cccc1C(F)(F)F. The summed E-state index contributed by atoms with van der Waals surface area (Å²) in [5, 5.41) is 3.48. The molecule has 0 amide bonds. The molecule has 4 nitrogen and oxygen atoms in total. The number of rotatable bonds is 4.